The van der Waals surface area contributed by atoms with E-state index in [0.717, 1.165) is 11.3 Å². The van der Waals surface area contributed by atoms with Crippen molar-refractivity contribution in [1.29, 1.82) is 0 Å². The van der Waals surface area contributed by atoms with Gasteiger partial charge in [0.2, 0.25) is 5.91 Å². The van der Waals surface area contributed by atoms with Crippen LogP contribution in [0.3, 0.4) is 0 Å². The summed E-state index contributed by atoms with van der Waals surface area (Å²) in [6.07, 6.45) is 0.829. The van der Waals surface area contributed by atoms with Crippen molar-refractivity contribution in [3.8, 4) is 5.75 Å². The van der Waals surface area contributed by atoms with Crippen LogP contribution in [0.15, 0.2) is 24.3 Å². The molecule has 0 aliphatic carbocycles. The van der Waals surface area contributed by atoms with Crippen molar-refractivity contribution in [1.82, 2.24) is 4.90 Å². The van der Waals surface area contributed by atoms with Crippen LogP contribution in [0.4, 0.5) is 0 Å². The Hall–Kier alpha value is -2.12. The van der Waals surface area contributed by atoms with E-state index in [-0.39, 0.29) is 30.6 Å². The third kappa shape index (κ3) is 3.40. The summed E-state index contributed by atoms with van der Waals surface area (Å²) in [6, 6.07) is 7.97. The third-order valence-corrected chi connectivity index (χ3v) is 6.64. The average molecular weight is 402 g/mol. The van der Waals surface area contributed by atoms with Crippen LogP contribution in [0, 0.1) is 11.3 Å². The molecular weight excluding hydrogens is 372 g/mol. The second-order valence-electron chi connectivity index (χ2n) is 8.94. The molecule has 3 aliphatic heterocycles. The Morgan fingerprint density at radius 3 is 2.79 bits per heavy atom. The second-order valence-corrected chi connectivity index (χ2v) is 8.94. The van der Waals surface area contributed by atoms with Crippen LogP contribution in [-0.2, 0) is 19.1 Å². The molecule has 1 amide bonds. The number of para-hydroxylation sites is 1. The molecule has 158 valence electrons. The second kappa shape index (κ2) is 7.29. The van der Waals surface area contributed by atoms with E-state index in [2.05, 4.69) is 0 Å². The number of hydrogen-bond acceptors (Lipinski definition) is 6. The molecule has 2 saturated heterocycles. The highest BCUT2D eigenvalue weighted by Gasteiger charge is 2.61. The fourth-order valence-electron chi connectivity index (χ4n) is 5.30. The summed E-state index contributed by atoms with van der Waals surface area (Å²) in [5, 5.41) is 0. The number of piperidine rings is 1. The molecule has 3 aliphatic rings. The van der Waals surface area contributed by atoms with Gasteiger partial charge in [0.15, 0.2) is 0 Å². The summed E-state index contributed by atoms with van der Waals surface area (Å²) in [5.41, 5.74) is 5.12. The summed E-state index contributed by atoms with van der Waals surface area (Å²) in [4.78, 5) is 26.7. The minimum Gasteiger partial charge on any atom is -0.487 e. The van der Waals surface area contributed by atoms with Crippen molar-refractivity contribution in [2.45, 2.75) is 51.4 Å². The summed E-state index contributed by atoms with van der Waals surface area (Å²) in [7, 11) is 0. The topological polar surface area (TPSA) is 91.1 Å². The molecule has 0 spiro atoms. The van der Waals surface area contributed by atoms with Gasteiger partial charge in [-0.05, 0) is 39.7 Å². The van der Waals surface area contributed by atoms with Crippen molar-refractivity contribution >= 4 is 11.9 Å². The lowest BCUT2D eigenvalue weighted by atomic mass is 9.63. The van der Waals surface area contributed by atoms with Gasteiger partial charge in [-0.1, -0.05) is 18.2 Å². The van der Waals surface area contributed by atoms with Crippen LogP contribution in [-0.4, -0.2) is 54.7 Å². The van der Waals surface area contributed by atoms with Gasteiger partial charge in [-0.3, -0.25) is 14.5 Å². The van der Waals surface area contributed by atoms with Crippen LogP contribution in [0.2, 0.25) is 0 Å². The molecule has 4 rings (SSSR count). The smallest absolute Gasteiger partial charge is 0.316 e. The SMILES string of the molecule is CCOC(=O)[C@@]12C[C@@H]3[C@@H](O[C@@H]1CCN(CC(N)=O)C2)c1ccccc1OC3(C)C. The number of amides is 1. The first-order valence-electron chi connectivity index (χ1n) is 10.4. The molecule has 29 heavy (non-hydrogen) atoms. The Morgan fingerprint density at radius 1 is 1.31 bits per heavy atom. The molecule has 4 atom stereocenters. The molecule has 0 unspecified atom stereocenters. The summed E-state index contributed by atoms with van der Waals surface area (Å²) >= 11 is 0. The lowest BCUT2D eigenvalue weighted by Crippen LogP contribution is -2.64. The first kappa shape index (κ1) is 20.2. The van der Waals surface area contributed by atoms with Gasteiger partial charge < -0.3 is 19.9 Å². The Balaban J connectivity index is 1.72. The number of esters is 1. The zero-order valence-corrected chi connectivity index (χ0v) is 17.3. The van der Waals surface area contributed by atoms with E-state index in [4.69, 9.17) is 19.9 Å². The number of hydrogen-bond donors (Lipinski definition) is 1. The number of carbonyl (C=O) groups excluding carboxylic acids is 2. The molecule has 7 nitrogen and oxygen atoms in total. The number of benzene rings is 1. The van der Waals surface area contributed by atoms with E-state index in [9.17, 15) is 9.59 Å². The monoisotopic (exact) mass is 402 g/mol. The Labute approximate surface area is 171 Å². The van der Waals surface area contributed by atoms with Gasteiger partial charge in [0.1, 0.15) is 16.8 Å². The number of carbonyl (C=O) groups is 2. The molecular formula is C22H30N2O5. The fourth-order valence-corrected chi connectivity index (χ4v) is 5.30. The summed E-state index contributed by atoms with van der Waals surface area (Å²) in [5.74, 6) is 0.166. The van der Waals surface area contributed by atoms with Gasteiger partial charge in [0.05, 0.1) is 25.4 Å². The normalized spacial score (nSPS) is 32.9. The van der Waals surface area contributed by atoms with Gasteiger partial charge in [0.25, 0.3) is 0 Å². The molecule has 1 aromatic carbocycles. The molecule has 0 saturated carbocycles. The zero-order chi connectivity index (χ0) is 20.8. The molecule has 2 N–H and O–H groups in total. The van der Waals surface area contributed by atoms with Crippen molar-refractivity contribution in [2.75, 3.05) is 26.2 Å². The van der Waals surface area contributed by atoms with Gasteiger partial charge >= 0.3 is 5.97 Å². The fraction of sp³-hybridized carbons (Fsp3) is 0.636. The lowest BCUT2D eigenvalue weighted by Gasteiger charge is -2.57. The predicted octanol–water partition coefficient (Wildman–Crippen LogP) is 2.04. The lowest BCUT2D eigenvalue weighted by molar-refractivity contribution is -0.231. The number of primary amides is 1. The summed E-state index contributed by atoms with van der Waals surface area (Å²) in [6.45, 7) is 7.41. The number of likely N-dealkylation sites (tertiary alicyclic amines) is 1. The van der Waals surface area contributed by atoms with Gasteiger partial charge in [0, 0.05) is 24.6 Å². The Morgan fingerprint density at radius 2 is 2.07 bits per heavy atom. The van der Waals surface area contributed by atoms with Crippen molar-refractivity contribution < 1.29 is 23.8 Å². The number of ether oxygens (including phenoxy) is 3. The maximum absolute atomic E-state index is 13.2. The number of nitrogens with two attached hydrogens (primary N) is 1. The summed E-state index contributed by atoms with van der Waals surface area (Å²) < 4.78 is 18.5. The quantitative estimate of drug-likeness (QED) is 0.775. The minimum absolute atomic E-state index is 0.0217. The van der Waals surface area contributed by atoms with E-state index in [1.807, 2.05) is 49.9 Å². The van der Waals surface area contributed by atoms with Gasteiger partial charge in [-0.2, -0.15) is 0 Å². The number of fused-ring (bicyclic) bond motifs is 4. The Kier molecular flexibility index (Phi) is 5.07. The van der Waals surface area contributed by atoms with E-state index in [1.165, 1.54) is 0 Å². The van der Waals surface area contributed by atoms with E-state index in [1.54, 1.807) is 0 Å². The van der Waals surface area contributed by atoms with Crippen molar-refractivity contribution in [2.24, 2.45) is 17.1 Å². The van der Waals surface area contributed by atoms with Crippen LogP contribution >= 0.6 is 0 Å². The van der Waals surface area contributed by atoms with Crippen LogP contribution in [0.5, 0.6) is 5.75 Å². The standard InChI is InChI=1S/C22H30N2O5/c1-4-27-20(26)22-11-15-19(14-7-5-6-8-16(14)29-21(15,2)3)28-17(22)9-10-24(13-22)12-18(23)25/h5-8,15,17,19H,4,9-13H2,1-3H3,(H2,23,25)/t15-,17-,19+,22-/m1/s1. The van der Waals surface area contributed by atoms with Crippen LogP contribution < -0.4 is 10.5 Å². The van der Waals surface area contributed by atoms with Crippen LogP contribution in [0.1, 0.15) is 45.3 Å². The third-order valence-electron chi connectivity index (χ3n) is 6.64. The molecule has 0 radical (unpaired) electrons. The van der Waals surface area contributed by atoms with E-state index >= 15 is 0 Å². The molecule has 7 heteroatoms. The highest BCUT2D eigenvalue weighted by molar-refractivity contribution is 5.79. The first-order valence-corrected chi connectivity index (χ1v) is 10.4. The Bertz CT molecular complexity index is 810. The highest BCUT2D eigenvalue weighted by atomic mass is 16.5. The number of rotatable bonds is 4. The largest absolute Gasteiger partial charge is 0.487 e. The van der Waals surface area contributed by atoms with E-state index < -0.39 is 16.9 Å². The van der Waals surface area contributed by atoms with Crippen molar-refractivity contribution in [3.63, 3.8) is 0 Å². The minimum atomic E-state index is -0.836. The molecule has 0 bridgehead atoms. The van der Waals surface area contributed by atoms with E-state index in [0.29, 0.717) is 32.5 Å². The van der Waals surface area contributed by atoms with Gasteiger partial charge in [-0.25, -0.2) is 0 Å². The molecule has 3 heterocycles. The average Bonchev–Trinajstić information content (AvgIpc) is 2.66. The number of nitrogens with zero attached hydrogens (tertiary/aromatic N) is 1. The maximum Gasteiger partial charge on any atom is 0.316 e. The van der Waals surface area contributed by atoms with Crippen molar-refractivity contribution in [3.05, 3.63) is 29.8 Å². The highest BCUT2D eigenvalue weighted by Crippen LogP contribution is 2.57. The molecule has 1 aromatic rings. The predicted molar refractivity (Wildman–Crippen MR) is 106 cm³/mol. The maximum atomic E-state index is 13.2. The van der Waals surface area contributed by atoms with Crippen LogP contribution in [0.25, 0.3) is 0 Å². The molecule has 0 aromatic heterocycles. The van der Waals surface area contributed by atoms with Gasteiger partial charge in [-0.15, -0.1) is 0 Å². The molecule has 2 fully saturated rings. The first-order chi connectivity index (χ1) is 13.8. The zero-order valence-electron chi connectivity index (χ0n) is 17.3.